The Labute approximate surface area is 150 Å². The number of para-hydroxylation sites is 1. The van der Waals surface area contributed by atoms with Gasteiger partial charge in [0.25, 0.3) is 10.0 Å². The lowest BCUT2D eigenvalue weighted by molar-refractivity contribution is 0.414. The number of pyridine rings is 1. The first kappa shape index (κ1) is 17.7. The quantitative estimate of drug-likeness (QED) is 0.687. The molecule has 2 N–H and O–H groups in total. The van der Waals surface area contributed by atoms with E-state index in [-0.39, 0.29) is 10.6 Å². The van der Waals surface area contributed by atoms with E-state index < -0.39 is 15.8 Å². The van der Waals surface area contributed by atoms with Crippen LogP contribution in [0.5, 0.6) is 5.75 Å². The fourth-order valence-electron chi connectivity index (χ4n) is 2.20. The van der Waals surface area contributed by atoms with Gasteiger partial charge >= 0.3 is 0 Å². The number of benzene rings is 2. The zero-order valence-electron chi connectivity index (χ0n) is 13.8. The topological polar surface area (TPSA) is 80.3 Å². The third-order valence-corrected chi connectivity index (χ3v) is 4.92. The van der Waals surface area contributed by atoms with Crippen molar-refractivity contribution < 1.29 is 17.5 Å². The second-order valence-corrected chi connectivity index (χ2v) is 7.00. The Morgan fingerprint density at radius 2 is 1.73 bits per heavy atom. The Morgan fingerprint density at radius 1 is 1.00 bits per heavy atom. The van der Waals surface area contributed by atoms with E-state index in [2.05, 4.69) is 15.0 Å². The predicted octanol–water partition coefficient (Wildman–Crippen LogP) is 3.77. The third-order valence-electron chi connectivity index (χ3n) is 3.52. The molecule has 0 radical (unpaired) electrons. The first-order valence-electron chi connectivity index (χ1n) is 7.62. The normalized spacial score (nSPS) is 11.0. The summed E-state index contributed by atoms with van der Waals surface area (Å²) in [7, 11) is -2.24. The summed E-state index contributed by atoms with van der Waals surface area (Å²) in [5.74, 6) is 0.551. The number of anilines is 3. The molecule has 2 aromatic carbocycles. The molecule has 0 aliphatic carbocycles. The van der Waals surface area contributed by atoms with Crippen molar-refractivity contribution in [3.05, 3.63) is 72.7 Å². The highest BCUT2D eigenvalue weighted by molar-refractivity contribution is 7.92. The molecule has 3 rings (SSSR count). The van der Waals surface area contributed by atoms with Gasteiger partial charge < -0.3 is 10.1 Å². The zero-order valence-corrected chi connectivity index (χ0v) is 14.6. The summed E-state index contributed by atoms with van der Waals surface area (Å²) in [5.41, 5.74) is 0.575. The van der Waals surface area contributed by atoms with Gasteiger partial charge in [-0.1, -0.05) is 12.1 Å². The first-order valence-corrected chi connectivity index (χ1v) is 9.11. The first-order chi connectivity index (χ1) is 12.5. The van der Waals surface area contributed by atoms with Crippen LogP contribution in [0.3, 0.4) is 0 Å². The van der Waals surface area contributed by atoms with Crippen molar-refractivity contribution in [1.29, 1.82) is 0 Å². The number of ether oxygens (including phenoxy) is 1. The smallest absolute Gasteiger partial charge is 0.261 e. The lowest BCUT2D eigenvalue weighted by atomic mass is 10.3. The number of halogens is 1. The number of nitrogens with one attached hydrogen (secondary N) is 2. The Kier molecular flexibility index (Phi) is 5.04. The summed E-state index contributed by atoms with van der Waals surface area (Å²) in [6.45, 7) is 0. The van der Waals surface area contributed by atoms with Crippen LogP contribution < -0.4 is 14.8 Å². The molecule has 1 heterocycles. The van der Waals surface area contributed by atoms with Gasteiger partial charge in [-0.2, -0.15) is 0 Å². The van der Waals surface area contributed by atoms with Crippen LogP contribution in [0.2, 0.25) is 0 Å². The number of sulfonamides is 1. The fourth-order valence-corrected chi connectivity index (χ4v) is 3.24. The summed E-state index contributed by atoms with van der Waals surface area (Å²) in [4.78, 5) is 4.20. The highest BCUT2D eigenvalue weighted by atomic mass is 32.2. The SMILES string of the molecule is COc1ccc(S(=O)(=O)Nc2ccc(Nc3ccccc3F)nc2)cc1. The molecular weight excluding hydrogens is 357 g/mol. The van der Waals surface area contributed by atoms with Crippen LogP contribution in [-0.4, -0.2) is 20.5 Å². The highest BCUT2D eigenvalue weighted by Crippen LogP contribution is 2.21. The van der Waals surface area contributed by atoms with E-state index in [0.29, 0.717) is 17.3 Å². The van der Waals surface area contributed by atoms with Gasteiger partial charge in [-0.3, -0.25) is 4.72 Å². The zero-order chi connectivity index (χ0) is 18.6. The molecule has 134 valence electrons. The molecule has 0 bridgehead atoms. The average Bonchev–Trinajstić information content (AvgIpc) is 2.65. The largest absolute Gasteiger partial charge is 0.497 e. The van der Waals surface area contributed by atoms with Crippen molar-refractivity contribution in [3.63, 3.8) is 0 Å². The number of methoxy groups -OCH3 is 1. The molecular formula is C18H16FN3O3S. The van der Waals surface area contributed by atoms with Gasteiger partial charge in [-0.15, -0.1) is 0 Å². The molecule has 6 nitrogen and oxygen atoms in total. The molecule has 0 aliphatic rings. The number of aromatic nitrogens is 1. The van der Waals surface area contributed by atoms with E-state index in [1.165, 1.54) is 37.6 Å². The molecule has 0 atom stereocenters. The van der Waals surface area contributed by atoms with Crippen LogP contribution >= 0.6 is 0 Å². The second kappa shape index (κ2) is 7.40. The van der Waals surface area contributed by atoms with E-state index in [1.54, 1.807) is 36.4 Å². The van der Waals surface area contributed by atoms with Crippen molar-refractivity contribution >= 4 is 27.2 Å². The van der Waals surface area contributed by atoms with Crippen LogP contribution in [0.15, 0.2) is 71.8 Å². The number of hydrogen-bond donors (Lipinski definition) is 2. The van der Waals surface area contributed by atoms with Crippen LogP contribution in [0, 0.1) is 5.82 Å². The van der Waals surface area contributed by atoms with Crippen LogP contribution in [0.25, 0.3) is 0 Å². The second-order valence-electron chi connectivity index (χ2n) is 5.32. The molecule has 8 heteroatoms. The van der Waals surface area contributed by atoms with Crippen LogP contribution in [-0.2, 0) is 10.0 Å². The number of nitrogens with zero attached hydrogens (tertiary/aromatic N) is 1. The maximum absolute atomic E-state index is 13.6. The molecule has 0 unspecified atom stereocenters. The van der Waals surface area contributed by atoms with E-state index in [9.17, 15) is 12.8 Å². The van der Waals surface area contributed by atoms with Gasteiger partial charge in [-0.05, 0) is 48.5 Å². The summed E-state index contributed by atoms with van der Waals surface area (Å²) >= 11 is 0. The minimum Gasteiger partial charge on any atom is -0.497 e. The number of hydrogen-bond acceptors (Lipinski definition) is 5. The minimum atomic E-state index is -3.74. The summed E-state index contributed by atoms with van der Waals surface area (Å²) < 4.78 is 45.8. The van der Waals surface area contributed by atoms with E-state index >= 15 is 0 Å². The van der Waals surface area contributed by atoms with Crippen molar-refractivity contribution in [2.45, 2.75) is 4.90 Å². The Bertz CT molecular complexity index is 991. The molecule has 26 heavy (non-hydrogen) atoms. The Morgan fingerprint density at radius 3 is 2.35 bits per heavy atom. The van der Waals surface area contributed by atoms with Gasteiger partial charge in [0.05, 0.1) is 29.6 Å². The molecule has 0 saturated carbocycles. The highest BCUT2D eigenvalue weighted by Gasteiger charge is 2.14. The van der Waals surface area contributed by atoms with E-state index in [1.807, 2.05) is 0 Å². The van der Waals surface area contributed by atoms with E-state index in [0.717, 1.165) is 0 Å². The van der Waals surface area contributed by atoms with Gasteiger partial charge in [0, 0.05) is 0 Å². The monoisotopic (exact) mass is 373 g/mol. The lowest BCUT2D eigenvalue weighted by Crippen LogP contribution is -2.13. The third kappa shape index (κ3) is 4.09. The Balaban J connectivity index is 1.73. The molecule has 0 spiro atoms. The number of rotatable bonds is 6. The van der Waals surface area contributed by atoms with Crippen molar-refractivity contribution in [2.24, 2.45) is 0 Å². The average molecular weight is 373 g/mol. The van der Waals surface area contributed by atoms with E-state index in [4.69, 9.17) is 4.74 Å². The van der Waals surface area contributed by atoms with Crippen molar-refractivity contribution in [1.82, 2.24) is 4.98 Å². The van der Waals surface area contributed by atoms with Crippen LogP contribution in [0.4, 0.5) is 21.6 Å². The summed E-state index contributed by atoms with van der Waals surface area (Å²) in [6, 6.07) is 15.3. The minimum absolute atomic E-state index is 0.104. The maximum Gasteiger partial charge on any atom is 0.261 e. The molecule has 1 aromatic heterocycles. The van der Waals surface area contributed by atoms with Crippen molar-refractivity contribution in [3.8, 4) is 5.75 Å². The van der Waals surface area contributed by atoms with Gasteiger partial charge in [0.15, 0.2) is 0 Å². The van der Waals surface area contributed by atoms with Crippen LogP contribution in [0.1, 0.15) is 0 Å². The molecule has 3 aromatic rings. The molecule has 0 saturated heterocycles. The van der Waals surface area contributed by atoms with Crippen molar-refractivity contribution in [2.75, 3.05) is 17.1 Å². The standard InChI is InChI=1S/C18H16FN3O3S/c1-25-14-7-9-15(10-8-14)26(23,24)22-13-6-11-18(20-12-13)21-17-5-3-2-4-16(17)19/h2-12,22H,1H3,(H,20,21). The fraction of sp³-hybridized carbons (Fsp3) is 0.0556. The Hall–Kier alpha value is -3.13. The summed E-state index contributed by atoms with van der Waals surface area (Å²) in [6.07, 6.45) is 1.35. The maximum atomic E-state index is 13.6. The molecule has 0 fully saturated rings. The molecule has 0 aliphatic heterocycles. The summed E-state index contributed by atoms with van der Waals surface area (Å²) in [5, 5.41) is 2.83. The lowest BCUT2D eigenvalue weighted by Gasteiger charge is -2.10. The van der Waals surface area contributed by atoms with Gasteiger partial charge in [0.2, 0.25) is 0 Å². The molecule has 0 amide bonds. The van der Waals surface area contributed by atoms with Gasteiger partial charge in [0.1, 0.15) is 17.4 Å². The van der Waals surface area contributed by atoms with Gasteiger partial charge in [-0.25, -0.2) is 17.8 Å². The predicted molar refractivity (Wildman–Crippen MR) is 97.7 cm³/mol.